The Balaban J connectivity index is 1.77. The molecule has 0 radical (unpaired) electrons. The average molecular weight is 346 g/mol. The zero-order valence-electron chi connectivity index (χ0n) is 13.3. The van der Waals surface area contributed by atoms with E-state index in [0.717, 1.165) is 12.8 Å². The normalized spacial score (nSPS) is 20.7. The molecule has 1 aromatic rings. The van der Waals surface area contributed by atoms with Crippen LogP contribution in [-0.4, -0.2) is 47.5 Å². The van der Waals surface area contributed by atoms with Gasteiger partial charge in [0.15, 0.2) is 0 Å². The molecule has 8 heteroatoms. The van der Waals surface area contributed by atoms with E-state index in [-0.39, 0.29) is 24.4 Å². The molecule has 24 heavy (non-hydrogen) atoms. The van der Waals surface area contributed by atoms with Crippen molar-refractivity contribution in [2.24, 2.45) is 0 Å². The zero-order chi connectivity index (χ0) is 17.7. The van der Waals surface area contributed by atoms with Crippen molar-refractivity contribution in [3.05, 3.63) is 29.8 Å². The minimum atomic E-state index is -4.69. The van der Waals surface area contributed by atoms with Crippen molar-refractivity contribution in [1.82, 2.24) is 10.2 Å². The van der Waals surface area contributed by atoms with Crippen LogP contribution in [0.1, 0.15) is 25.3 Å². The summed E-state index contributed by atoms with van der Waals surface area (Å²) >= 11 is 0. The van der Waals surface area contributed by atoms with Crippen LogP contribution in [0.3, 0.4) is 0 Å². The van der Waals surface area contributed by atoms with Crippen LogP contribution in [0.25, 0.3) is 0 Å². The molecule has 0 amide bonds. The van der Waals surface area contributed by atoms with E-state index in [2.05, 4.69) is 10.1 Å². The summed E-state index contributed by atoms with van der Waals surface area (Å²) in [5, 5.41) is 12.1. The first kappa shape index (κ1) is 18.5. The molecule has 1 aliphatic carbocycles. The smallest absolute Gasteiger partial charge is 0.480 e. The summed E-state index contributed by atoms with van der Waals surface area (Å²) in [7, 11) is 0. The molecule has 134 valence electrons. The highest BCUT2D eigenvalue weighted by atomic mass is 19.4. The Morgan fingerprint density at radius 2 is 2.12 bits per heavy atom. The topological polar surface area (TPSA) is 61.8 Å². The fraction of sp³-hybridized carbons (Fsp3) is 0.562. The molecule has 0 spiro atoms. The lowest BCUT2D eigenvalue weighted by molar-refractivity contribution is -0.274. The number of halogens is 3. The molecule has 2 rings (SSSR count). The lowest BCUT2D eigenvalue weighted by atomic mass is 9.85. The number of likely N-dealkylation sites (N-methyl/N-ethyl adjacent to an activating group) is 1. The van der Waals surface area contributed by atoms with Crippen molar-refractivity contribution < 1.29 is 27.8 Å². The minimum absolute atomic E-state index is 0.0325. The predicted molar refractivity (Wildman–Crippen MR) is 81.7 cm³/mol. The highest BCUT2D eigenvalue weighted by Crippen LogP contribution is 2.27. The molecular formula is C16H21F3N2O3. The number of nitrogens with one attached hydrogen (secondary N) is 1. The van der Waals surface area contributed by atoms with Gasteiger partial charge in [-0.2, -0.15) is 0 Å². The van der Waals surface area contributed by atoms with Gasteiger partial charge in [0.25, 0.3) is 0 Å². The van der Waals surface area contributed by atoms with Gasteiger partial charge in [-0.25, -0.2) is 0 Å². The number of hydrogen-bond donors (Lipinski definition) is 2. The number of alkyl halides is 3. The van der Waals surface area contributed by atoms with E-state index >= 15 is 0 Å². The molecule has 1 aromatic carbocycles. The summed E-state index contributed by atoms with van der Waals surface area (Å²) in [4.78, 5) is 12.7. The quantitative estimate of drug-likeness (QED) is 0.758. The number of hydrogen-bond acceptors (Lipinski definition) is 4. The van der Waals surface area contributed by atoms with Crippen molar-refractivity contribution in [2.75, 3.05) is 13.1 Å². The van der Waals surface area contributed by atoms with Crippen molar-refractivity contribution in [3.8, 4) is 5.75 Å². The van der Waals surface area contributed by atoms with Gasteiger partial charge in [-0.05, 0) is 37.1 Å². The van der Waals surface area contributed by atoms with Crippen LogP contribution in [0.15, 0.2) is 24.3 Å². The molecule has 0 saturated heterocycles. The van der Waals surface area contributed by atoms with E-state index in [4.69, 9.17) is 5.11 Å². The maximum absolute atomic E-state index is 12.2. The molecule has 0 atom stereocenters. The molecule has 0 bridgehead atoms. The second-order valence-corrected chi connectivity index (χ2v) is 5.86. The van der Waals surface area contributed by atoms with E-state index < -0.39 is 12.3 Å². The fourth-order valence-corrected chi connectivity index (χ4v) is 2.84. The van der Waals surface area contributed by atoms with Gasteiger partial charge in [-0.15, -0.1) is 13.2 Å². The Bertz CT molecular complexity index is 560. The van der Waals surface area contributed by atoms with Gasteiger partial charge >= 0.3 is 12.3 Å². The monoisotopic (exact) mass is 346 g/mol. The molecule has 1 saturated carbocycles. The summed E-state index contributed by atoms with van der Waals surface area (Å²) in [6, 6.07) is 6.36. The molecule has 1 fully saturated rings. The number of carbonyl (C=O) groups is 1. The molecule has 0 unspecified atom stereocenters. The second-order valence-electron chi connectivity index (χ2n) is 5.86. The number of carboxylic acid groups (broad SMARTS) is 1. The van der Waals surface area contributed by atoms with E-state index in [1.165, 1.54) is 18.2 Å². The maximum atomic E-state index is 12.2. The van der Waals surface area contributed by atoms with Gasteiger partial charge in [0.2, 0.25) is 0 Å². The first-order chi connectivity index (χ1) is 11.3. The van der Waals surface area contributed by atoms with Gasteiger partial charge in [0.1, 0.15) is 5.75 Å². The highest BCUT2D eigenvalue weighted by Gasteiger charge is 2.33. The van der Waals surface area contributed by atoms with Crippen molar-refractivity contribution in [1.29, 1.82) is 0 Å². The average Bonchev–Trinajstić information content (AvgIpc) is 2.42. The number of benzene rings is 1. The molecule has 0 aromatic heterocycles. The second kappa shape index (κ2) is 7.85. The summed E-state index contributed by atoms with van der Waals surface area (Å²) in [5.41, 5.74) is 0.707. The van der Waals surface area contributed by atoms with Crippen LogP contribution < -0.4 is 10.1 Å². The number of aliphatic carboxylic acids is 1. The standard InChI is InChI=1S/C16H21F3N2O3/c1-2-21(10-15(22)23)13-7-12(8-13)20-9-11-4-3-5-14(6-11)24-16(17,18)19/h3-6,12-13,20H,2,7-10H2,1H3,(H,22,23). The zero-order valence-corrected chi connectivity index (χ0v) is 13.3. The van der Waals surface area contributed by atoms with Gasteiger partial charge in [-0.3, -0.25) is 9.69 Å². The van der Waals surface area contributed by atoms with E-state index in [1.807, 2.05) is 11.8 Å². The highest BCUT2D eigenvalue weighted by molar-refractivity contribution is 5.69. The Kier molecular flexibility index (Phi) is 6.06. The maximum Gasteiger partial charge on any atom is 0.573 e. The molecule has 0 aliphatic heterocycles. The van der Waals surface area contributed by atoms with Crippen LogP contribution >= 0.6 is 0 Å². The third kappa shape index (κ3) is 5.68. The Hall–Kier alpha value is -1.80. The number of rotatable bonds is 8. The Labute approximate surface area is 138 Å². The summed E-state index contributed by atoms with van der Waals surface area (Å²) in [6.45, 7) is 3.08. The van der Waals surface area contributed by atoms with Crippen LogP contribution in [0.5, 0.6) is 5.75 Å². The van der Waals surface area contributed by atoms with Gasteiger partial charge < -0.3 is 15.2 Å². The Morgan fingerprint density at radius 3 is 2.71 bits per heavy atom. The Morgan fingerprint density at radius 1 is 1.42 bits per heavy atom. The van der Waals surface area contributed by atoms with Gasteiger partial charge in [0.05, 0.1) is 6.54 Å². The molecular weight excluding hydrogens is 325 g/mol. The number of carboxylic acids is 1. The third-order valence-electron chi connectivity index (χ3n) is 4.10. The number of nitrogens with zero attached hydrogens (tertiary/aromatic N) is 1. The number of ether oxygens (including phenoxy) is 1. The first-order valence-electron chi connectivity index (χ1n) is 7.80. The minimum Gasteiger partial charge on any atom is -0.480 e. The third-order valence-corrected chi connectivity index (χ3v) is 4.10. The van der Waals surface area contributed by atoms with Gasteiger partial charge in [0, 0.05) is 18.6 Å². The summed E-state index contributed by atoms with van der Waals surface area (Å²) in [6.07, 6.45) is -3.03. The van der Waals surface area contributed by atoms with E-state index in [9.17, 15) is 18.0 Å². The van der Waals surface area contributed by atoms with E-state index in [1.54, 1.807) is 6.07 Å². The first-order valence-corrected chi connectivity index (χ1v) is 7.80. The van der Waals surface area contributed by atoms with Gasteiger partial charge in [-0.1, -0.05) is 19.1 Å². The van der Waals surface area contributed by atoms with Crippen LogP contribution in [0, 0.1) is 0 Å². The predicted octanol–water partition coefficient (Wildman–Crippen LogP) is 2.61. The van der Waals surface area contributed by atoms with Crippen LogP contribution in [-0.2, 0) is 11.3 Å². The molecule has 2 N–H and O–H groups in total. The van der Waals surface area contributed by atoms with Crippen LogP contribution in [0.2, 0.25) is 0 Å². The molecule has 0 heterocycles. The van der Waals surface area contributed by atoms with Crippen molar-refractivity contribution in [3.63, 3.8) is 0 Å². The van der Waals surface area contributed by atoms with Crippen molar-refractivity contribution in [2.45, 2.75) is 44.8 Å². The summed E-state index contributed by atoms with van der Waals surface area (Å²) < 4.78 is 40.5. The SMILES string of the molecule is CCN(CC(=O)O)C1CC(NCc2cccc(OC(F)(F)F)c2)C1. The molecule has 5 nitrogen and oxygen atoms in total. The fourth-order valence-electron chi connectivity index (χ4n) is 2.84. The lowest BCUT2D eigenvalue weighted by Crippen LogP contribution is -2.53. The van der Waals surface area contributed by atoms with E-state index in [0.29, 0.717) is 18.7 Å². The lowest BCUT2D eigenvalue weighted by Gasteiger charge is -2.42. The van der Waals surface area contributed by atoms with Crippen LogP contribution in [0.4, 0.5) is 13.2 Å². The molecule has 1 aliphatic rings. The largest absolute Gasteiger partial charge is 0.573 e. The summed E-state index contributed by atoms with van der Waals surface area (Å²) in [5.74, 6) is -1.07. The van der Waals surface area contributed by atoms with Crippen molar-refractivity contribution >= 4 is 5.97 Å².